The van der Waals surface area contributed by atoms with Gasteiger partial charge >= 0.3 is 6.03 Å². The molecule has 2 aliphatic heterocycles. The van der Waals surface area contributed by atoms with Gasteiger partial charge in [0.25, 0.3) is 5.56 Å². The van der Waals surface area contributed by atoms with Crippen molar-refractivity contribution in [1.29, 1.82) is 0 Å². The summed E-state index contributed by atoms with van der Waals surface area (Å²) in [4.78, 5) is 27.3. The second-order valence-corrected chi connectivity index (χ2v) is 10.3. The zero-order chi connectivity index (χ0) is 21.5. The average Bonchev–Trinajstić information content (AvgIpc) is 3.05. The van der Waals surface area contributed by atoms with Gasteiger partial charge in [0, 0.05) is 43.4 Å². The van der Waals surface area contributed by atoms with E-state index in [1.165, 1.54) is 38.5 Å². The molecule has 0 spiro atoms. The zero-order valence-electron chi connectivity index (χ0n) is 18.6. The molecule has 1 saturated carbocycles. The van der Waals surface area contributed by atoms with Crippen molar-refractivity contribution in [2.45, 2.75) is 88.6 Å². The van der Waals surface area contributed by atoms with Crippen LogP contribution in [0.3, 0.4) is 0 Å². The third kappa shape index (κ3) is 6.48. The van der Waals surface area contributed by atoms with Gasteiger partial charge in [-0.2, -0.15) is 16.9 Å². The first-order chi connectivity index (χ1) is 15.2. The van der Waals surface area contributed by atoms with Crippen LogP contribution in [0.2, 0.25) is 0 Å². The highest BCUT2D eigenvalue weighted by atomic mass is 32.2. The van der Waals surface area contributed by atoms with Crippen LogP contribution >= 0.6 is 11.8 Å². The first-order valence-electron chi connectivity index (χ1n) is 12.1. The lowest BCUT2D eigenvalue weighted by atomic mass is 10.0. The molecular weight excluding hydrogens is 410 g/mol. The van der Waals surface area contributed by atoms with Crippen molar-refractivity contribution in [3.05, 3.63) is 27.7 Å². The van der Waals surface area contributed by atoms with Crippen LogP contribution in [0, 0.1) is 0 Å². The molecule has 0 radical (unpaired) electrons. The number of hydrogen-bond donors (Lipinski definition) is 2. The number of thioether (sulfide) groups is 1. The topological polar surface area (TPSA) is 79.3 Å². The number of nitrogens with zero attached hydrogens (tertiary/aromatic N) is 3. The maximum atomic E-state index is 12.5. The summed E-state index contributed by atoms with van der Waals surface area (Å²) < 4.78 is 1.65. The van der Waals surface area contributed by atoms with Gasteiger partial charge in [-0.25, -0.2) is 9.48 Å². The van der Waals surface area contributed by atoms with Gasteiger partial charge < -0.3 is 10.6 Å². The van der Waals surface area contributed by atoms with Crippen molar-refractivity contribution in [1.82, 2.24) is 25.3 Å². The van der Waals surface area contributed by atoms with Crippen LogP contribution in [0.1, 0.15) is 69.0 Å². The van der Waals surface area contributed by atoms with Crippen LogP contribution in [-0.2, 0) is 18.7 Å². The minimum Gasteiger partial charge on any atom is -0.337 e. The van der Waals surface area contributed by atoms with Crippen molar-refractivity contribution >= 4 is 17.8 Å². The van der Waals surface area contributed by atoms with Gasteiger partial charge in [0.1, 0.15) is 0 Å². The maximum Gasteiger partial charge on any atom is 0.315 e. The summed E-state index contributed by atoms with van der Waals surface area (Å²) in [6.45, 7) is 3.11. The Morgan fingerprint density at radius 2 is 1.90 bits per heavy atom. The van der Waals surface area contributed by atoms with E-state index in [-0.39, 0.29) is 11.6 Å². The Bertz CT molecular complexity index is 791. The summed E-state index contributed by atoms with van der Waals surface area (Å²) in [7, 11) is 0. The van der Waals surface area contributed by atoms with Crippen molar-refractivity contribution in [3.63, 3.8) is 0 Å². The van der Waals surface area contributed by atoms with E-state index in [9.17, 15) is 9.59 Å². The summed E-state index contributed by atoms with van der Waals surface area (Å²) in [5.74, 6) is 1.99. The van der Waals surface area contributed by atoms with E-state index in [1.54, 1.807) is 10.7 Å². The van der Waals surface area contributed by atoms with Crippen molar-refractivity contribution in [2.75, 3.05) is 25.4 Å². The predicted octanol–water partition coefficient (Wildman–Crippen LogP) is 2.91. The lowest BCUT2D eigenvalue weighted by molar-refractivity contribution is 0.138. The number of hydrogen-bond acceptors (Lipinski definition) is 5. The monoisotopic (exact) mass is 447 g/mol. The zero-order valence-corrected chi connectivity index (χ0v) is 19.4. The quantitative estimate of drug-likeness (QED) is 0.656. The molecule has 4 rings (SSSR count). The van der Waals surface area contributed by atoms with E-state index in [0.717, 1.165) is 61.5 Å². The highest BCUT2D eigenvalue weighted by Crippen LogP contribution is 2.21. The SMILES string of the molecule is O=C(NCC1CCCCN1CCn1nc2c(cc1=O)CSCC2)NC1CCCCCC1. The molecule has 8 heteroatoms. The molecule has 3 heterocycles. The molecule has 1 aliphatic carbocycles. The molecule has 1 unspecified atom stereocenters. The molecule has 2 fully saturated rings. The van der Waals surface area contributed by atoms with E-state index in [1.807, 2.05) is 11.8 Å². The number of nitrogens with one attached hydrogen (secondary N) is 2. The standard InChI is InChI=1S/C23H37N5O2S/c29-22-15-18-17-31-14-10-21(18)26-28(22)13-12-27-11-6-5-9-20(27)16-24-23(30)25-19-7-3-1-2-4-8-19/h15,19-20H,1-14,16-17H2,(H2,24,25,30). The van der Waals surface area contributed by atoms with Crippen LogP contribution in [0.4, 0.5) is 4.79 Å². The van der Waals surface area contributed by atoms with Gasteiger partial charge in [0.15, 0.2) is 0 Å². The number of rotatable bonds is 6. The number of amides is 2. The minimum absolute atomic E-state index is 0.00992. The second-order valence-electron chi connectivity index (χ2n) is 9.21. The highest BCUT2D eigenvalue weighted by molar-refractivity contribution is 7.98. The number of aromatic nitrogens is 2. The highest BCUT2D eigenvalue weighted by Gasteiger charge is 2.24. The van der Waals surface area contributed by atoms with Crippen LogP contribution < -0.4 is 16.2 Å². The Kier molecular flexibility index (Phi) is 8.30. The van der Waals surface area contributed by atoms with Gasteiger partial charge in [-0.05, 0) is 43.5 Å². The third-order valence-electron chi connectivity index (χ3n) is 6.94. The maximum absolute atomic E-state index is 12.5. The molecule has 1 aromatic heterocycles. The van der Waals surface area contributed by atoms with E-state index >= 15 is 0 Å². The smallest absolute Gasteiger partial charge is 0.315 e. The lowest BCUT2D eigenvalue weighted by Gasteiger charge is -2.36. The van der Waals surface area contributed by atoms with E-state index in [0.29, 0.717) is 25.2 Å². The Hall–Kier alpha value is -1.54. The van der Waals surface area contributed by atoms with E-state index in [4.69, 9.17) is 0 Å². The largest absolute Gasteiger partial charge is 0.337 e. The van der Waals surface area contributed by atoms with E-state index in [2.05, 4.69) is 20.6 Å². The summed E-state index contributed by atoms with van der Waals surface area (Å²) >= 11 is 1.87. The Labute approximate surface area is 189 Å². The van der Waals surface area contributed by atoms with Gasteiger partial charge in [-0.1, -0.05) is 32.1 Å². The molecule has 2 N–H and O–H groups in total. The molecule has 2 amide bonds. The molecule has 1 saturated heterocycles. The number of piperidine rings is 1. The van der Waals surface area contributed by atoms with Crippen molar-refractivity contribution in [2.24, 2.45) is 0 Å². The first kappa shape index (κ1) is 22.6. The van der Waals surface area contributed by atoms with E-state index < -0.39 is 0 Å². The molecule has 0 aromatic carbocycles. The minimum atomic E-state index is -0.0251. The van der Waals surface area contributed by atoms with Crippen molar-refractivity contribution < 1.29 is 4.79 Å². The number of urea groups is 1. The van der Waals surface area contributed by atoms with Crippen LogP contribution in [0.25, 0.3) is 0 Å². The Morgan fingerprint density at radius 3 is 2.74 bits per heavy atom. The number of fused-ring (bicyclic) bond motifs is 1. The first-order valence-corrected chi connectivity index (χ1v) is 13.3. The number of likely N-dealkylation sites (tertiary alicyclic amines) is 1. The fourth-order valence-corrected chi connectivity index (χ4v) is 6.04. The Morgan fingerprint density at radius 1 is 1.10 bits per heavy atom. The number of carbonyl (C=O) groups excluding carboxylic acids is 1. The van der Waals surface area contributed by atoms with Gasteiger partial charge in [0.05, 0.1) is 12.2 Å². The van der Waals surface area contributed by atoms with Gasteiger partial charge in [-0.3, -0.25) is 9.69 Å². The lowest BCUT2D eigenvalue weighted by Crippen LogP contribution is -2.51. The molecule has 0 bridgehead atoms. The molecule has 3 aliphatic rings. The molecule has 172 valence electrons. The van der Waals surface area contributed by atoms with Crippen LogP contribution in [0.5, 0.6) is 0 Å². The third-order valence-corrected chi connectivity index (χ3v) is 7.95. The summed E-state index contributed by atoms with van der Waals surface area (Å²) in [5.41, 5.74) is 2.21. The van der Waals surface area contributed by atoms with Gasteiger partial charge in [0.2, 0.25) is 0 Å². The number of carbonyl (C=O) groups is 1. The molecule has 1 atom stereocenters. The van der Waals surface area contributed by atoms with Crippen LogP contribution in [-0.4, -0.2) is 58.2 Å². The van der Waals surface area contributed by atoms with Crippen molar-refractivity contribution in [3.8, 4) is 0 Å². The summed E-state index contributed by atoms with van der Waals surface area (Å²) in [6.07, 6.45) is 11.6. The van der Waals surface area contributed by atoms with Crippen LogP contribution in [0.15, 0.2) is 10.9 Å². The number of aryl methyl sites for hydroxylation is 1. The predicted molar refractivity (Wildman–Crippen MR) is 126 cm³/mol. The summed E-state index contributed by atoms with van der Waals surface area (Å²) in [5, 5.41) is 11.0. The normalized spacial score (nSPS) is 23.0. The Balaban J connectivity index is 1.27. The van der Waals surface area contributed by atoms with Gasteiger partial charge in [-0.15, -0.1) is 0 Å². The molecular formula is C23H37N5O2S. The fourth-order valence-electron chi connectivity index (χ4n) is 5.09. The summed E-state index contributed by atoms with van der Waals surface area (Å²) in [6, 6.07) is 2.41. The second kappa shape index (κ2) is 11.4. The fraction of sp³-hybridized carbons (Fsp3) is 0.783. The molecule has 7 nitrogen and oxygen atoms in total. The molecule has 31 heavy (non-hydrogen) atoms. The average molecular weight is 448 g/mol. The molecule has 1 aromatic rings.